The van der Waals surface area contributed by atoms with Gasteiger partial charge in [0, 0.05) is 74.6 Å². The topological polar surface area (TPSA) is 73.5 Å². The van der Waals surface area contributed by atoms with Gasteiger partial charge in [-0.05, 0) is 12.8 Å². The van der Waals surface area contributed by atoms with Crippen LogP contribution in [-0.2, 0) is 0 Å². The van der Waals surface area contributed by atoms with Crippen LogP contribution < -0.4 is 10.6 Å². The molecule has 1 heterocycles. The normalized spacial score (nSPS) is 20.8. The zero-order valence-corrected chi connectivity index (χ0v) is 16.3. The summed E-state index contributed by atoms with van der Waals surface area (Å²) in [4.78, 5) is 17.8. The Morgan fingerprint density at radius 1 is 0.846 bits per heavy atom. The van der Waals surface area contributed by atoms with Gasteiger partial charge in [0.05, 0.1) is 13.1 Å². The van der Waals surface area contributed by atoms with E-state index in [0.717, 1.165) is 63.0 Å². The quantitative estimate of drug-likeness (QED) is 0.517. The van der Waals surface area contributed by atoms with Crippen LogP contribution in [0.4, 0.5) is 0 Å². The highest BCUT2D eigenvalue weighted by atomic mass is 14.9. The monoisotopic (exact) mass is 358 g/mol. The van der Waals surface area contributed by atoms with Gasteiger partial charge in [0.15, 0.2) is 0 Å². The highest BCUT2D eigenvalue weighted by Crippen LogP contribution is 1.92. The van der Waals surface area contributed by atoms with E-state index in [2.05, 4.69) is 44.5 Å². The maximum Gasteiger partial charge on any atom is 0.0585 e. The van der Waals surface area contributed by atoms with Crippen LogP contribution in [0.3, 0.4) is 0 Å². The number of rotatable bonds is 8. The van der Waals surface area contributed by atoms with Crippen molar-refractivity contribution in [3.8, 4) is 0 Å². The third kappa shape index (κ3) is 12.2. The molecule has 0 aromatic carbocycles. The van der Waals surface area contributed by atoms with Gasteiger partial charge in [-0.2, -0.15) is 0 Å². The SMILES string of the molecule is CCCCN=C/C1=C/NCCN/C=C(/C=NCCCC)C=NCCN=C1. The van der Waals surface area contributed by atoms with Crippen molar-refractivity contribution in [3.05, 3.63) is 23.5 Å². The first-order valence-corrected chi connectivity index (χ1v) is 9.73. The zero-order valence-electron chi connectivity index (χ0n) is 16.3. The molecule has 2 N–H and O–H groups in total. The highest BCUT2D eigenvalue weighted by molar-refractivity contribution is 6.04. The minimum absolute atomic E-state index is 0.657. The van der Waals surface area contributed by atoms with E-state index in [9.17, 15) is 0 Å². The van der Waals surface area contributed by atoms with Gasteiger partial charge in [-0.15, -0.1) is 0 Å². The third-order valence-corrected chi connectivity index (χ3v) is 3.55. The summed E-state index contributed by atoms with van der Waals surface area (Å²) >= 11 is 0. The summed E-state index contributed by atoms with van der Waals surface area (Å²) in [5.74, 6) is 0. The summed E-state index contributed by atoms with van der Waals surface area (Å²) in [6, 6.07) is 0. The van der Waals surface area contributed by atoms with E-state index in [-0.39, 0.29) is 0 Å². The molecule has 0 aliphatic carbocycles. The Bertz CT molecular complexity index is 480. The average molecular weight is 359 g/mol. The van der Waals surface area contributed by atoms with Crippen molar-refractivity contribution in [2.24, 2.45) is 20.0 Å². The van der Waals surface area contributed by atoms with Crippen molar-refractivity contribution >= 4 is 24.9 Å². The molecule has 0 saturated heterocycles. The number of allylic oxidation sites excluding steroid dienone is 2. The summed E-state index contributed by atoms with van der Waals surface area (Å²) in [6.07, 6.45) is 16.0. The molecule has 0 aromatic rings. The fourth-order valence-corrected chi connectivity index (χ4v) is 2.03. The van der Waals surface area contributed by atoms with Crippen molar-refractivity contribution in [1.29, 1.82) is 0 Å². The summed E-state index contributed by atoms with van der Waals surface area (Å²) < 4.78 is 0. The lowest BCUT2D eigenvalue weighted by atomic mass is 10.3. The molecule has 0 bridgehead atoms. The predicted molar refractivity (Wildman–Crippen MR) is 115 cm³/mol. The number of nitrogens with one attached hydrogen (secondary N) is 2. The minimum atomic E-state index is 0.657. The van der Waals surface area contributed by atoms with E-state index in [1.54, 1.807) is 0 Å². The number of nitrogens with zero attached hydrogens (tertiary/aromatic N) is 4. The van der Waals surface area contributed by atoms with E-state index >= 15 is 0 Å². The Balaban J connectivity index is 2.59. The van der Waals surface area contributed by atoms with Gasteiger partial charge in [0.1, 0.15) is 0 Å². The fourth-order valence-electron chi connectivity index (χ4n) is 2.03. The van der Waals surface area contributed by atoms with Gasteiger partial charge < -0.3 is 10.6 Å². The van der Waals surface area contributed by atoms with Crippen molar-refractivity contribution < 1.29 is 0 Å². The number of hydrogen-bond acceptors (Lipinski definition) is 6. The lowest BCUT2D eigenvalue weighted by molar-refractivity contribution is 0.765. The molecule has 6 nitrogen and oxygen atoms in total. The van der Waals surface area contributed by atoms with Crippen LogP contribution in [0.5, 0.6) is 0 Å². The molecule has 0 fully saturated rings. The van der Waals surface area contributed by atoms with Crippen LogP contribution >= 0.6 is 0 Å². The Hall–Kier alpha value is -2.24. The van der Waals surface area contributed by atoms with E-state index in [4.69, 9.17) is 0 Å². The number of unbranched alkanes of at least 4 members (excludes halogenated alkanes) is 2. The fraction of sp³-hybridized carbons (Fsp3) is 0.600. The van der Waals surface area contributed by atoms with E-state index in [1.807, 2.05) is 37.3 Å². The molecule has 0 unspecified atom stereocenters. The molecule has 1 rings (SSSR count). The summed E-state index contributed by atoms with van der Waals surface area (Å²) in [5.41, 5.74) is 1.97. The Labute approximate surface area is 158 Å². The second kappa shape index (κ2) is 16.2. The molecule has 1 aliphatic heterocycles. The van der Waals surface area contributed by atoms with Crippen molar-refractivity contribution in [1.82, 2.24) is 10.6 Å². The van der Waals surface area contributed by atoms with Crippen molar-refractivity contribution in [2.75, 3.05) is 39.3 Å². The van der Waals surface area contributed by atoms with Crippen LogP contribution in [0, 0.1) is 0 Å². The van der Waals surface area contributed by atoms with Crippen LogP contribution in [0.1, 0.15) is 39.5 Å². The smallest absolute Gasteiger partial charge is 0.0585 e. The maximum atomic E-state index is 4.44. The molecular weight excluding hydrogens is 324 g/mol. The average Bonchev–Trinajstić information content (AvgIpc) is 2.65. The van der Waals surface area contributed by atoms with Crippen molar-refractivity contribution in [2.45, 2.75) is 39.5 Å². The predicted octanol–water partition coefficient (Wildman–Crippen LogP) is 2.83. The maximum absolute atomic E-state index is 4.44. The summed E-state index contributed by atoms with van der Waals surface area (Å²) in [7, 11) is 0. The number of aliphatic imine (C=N–C) groups is 4. The highest BCUT2D eigenvalue weighted by Gasteiger charge is 1.93. The van der Waals surface area contributed by atoms with Gasteiger partial charge in [-0.25, -0.2) is 0 Å². The van der Waals surface area contributed by atoms with Crippen LogP contribution in [0.15, 0.2) is 43.5 Å². The number of hydrogen-bond donors (Lipinski definition) is 2. The third-order valence-electron chi connectivity index (χ3n) is 3.55. The molecule has 0 saturated carbocycles. The molecule has 1 aliphatic rings. The van der Waals surface area contributed by atoms with Crippen molar-refractivity contribution in [3.63, 3.8) is 0 Å². The minimum Gasteiger partial charge on any atom is -0.389 e. The molecule has 26 heavy (non-hydrogen) atoms. The van der Waals surface area contributed by atoms with Crippen LogP contribution in [0.25, 0.3) is 0 Å². The zero-order chi connectivity index (χ0) is 18.7. The van der Waals surface area contributed by atoms with Gasteiger partial charge in [-0.1, -0.05) is 26.7 Å². The summed E-state index contributed by atoms with van der Waals surface area (Å²) in [5, 5.41) is 6.60. The first-order chi connectivity index (χ1) is 12.9. The lowest BCUT2D eigenvalue weighted by Gasteiger charge is -2.04. The van der Waals surface area contributed by atoms with E-state index in [1.165, 1.54) is 0 Å². The standard InChI is InChI=1S/C20H34N6/c1-3-5-7-21-13-19-15-23-9-11-25-17-20(14-22-8-6-4-2)18-26-12-10-24-16-19/h13-18,23,25H,3-12H2,1-2H3/b19-15-,20-17-,21-13?,22-14?,24-16?,26-18?. The lowest BCUT2D eigenvalue weighted by Crippen LogP contribution is -2.21. The first kappa shape index (κ1) is 21.8. The molecule has 0 aromatic heterocycles. The van der Waals surface area contributed by atoms with Gasteiger partial charge in [0.25, 0.3) is 0 Å². The van der Waals surface area contributed by atoms with Crippen LogP contribution in [-0.4, -0.2) is 64.1 Å². The largest absolute Gasteiger partial charge is 0.389 e. The molecule has 144 valence electrons. The molecule has 0 amide bonds. The molecule has 6 heteroatoms. The van der Waals surface area contributed by atoms with Gasteiger partial charge in [0.2, 0.25) is 0 Å². The van der Waals surface area contributed by atoms with E-state index < -0.39 is 0 Å². The van der Waals surface area contributed by atoms with Gasteiger partial charge in [-0.3, -0.25) is 20.0 Å². The first-order valence-electron chi connectivity index (χ1n) is 9.73. The second-order valence-corrected chi connectivity index (χ2v) is 6.05. The Morgan fingerprint density at radius 3 is 1.73 bits per heavy atom. The molecule has 0 spiro atoms. The van der Waals surface area contributed by atoms with Gasteiger partial charge >= 0.3 is 0 Å². The molecular formula is C20H34N6. The summed E-state index contributed by atoms with van der Waals surface area (Å²) in [6.45, 7) is 9.01. The molecule has 0 atom stereocenters. The van der Waals surface area contributed by atoms with Crippen LogP contribution in [0.2, 0.25) is 0 Å². The Kier molecular flexibility index (Phi) is 13.6. The van der Waals surface area contributed by atoms with E-state index in [0.29, 0.717) is 13.1 Å². The molecule has 0 radical (unpaired) electrons. The Morgan fingerprint density at radius 2 is 1.31 bits per heavy atom. The second-order valence-electron chi connectivity index (χ2n) is 6.05.